The fourth-order valence-corrected chi connectivity index (χ4v) is 19.8. The lowest BCUT2D eigenvalue weighted by atomic mass is 9.33. The minimum Gasteiger partial charge on any atom is -0.310 e. The zero-order valence-electron chi connectivity index (χ0n) is 82.7. The molecule has 2 aliphatic rings. The van der Waals surface area contributed by atoms with Gasteiger partial charge in [0.2, 0.25) is 0 Å². The van der Waals surface area contributed by atoms with E-state index >= 15 is 0 Å². The maximum absolute atomic E-state index is 5.72. The average molecular weight is 1690 g/mol. The Bertz CT molecular complexity index is 6900. The van der Waals surface area contributed by atoms with Gasteiger partial charge in [0.15, 0.2) is 0 Å². The number of benzene rings is 13. The van der Waals surface area contributed by atoms with Gasteiger partial charge in [0.25, 0.3) is 6.71 Å². The summed E-state index contributed by atoms with van der Waals surface area (Å²) in [4.78, 5) is 11.3. The van der Waals surface area contributed by atoms with Crippen LogP contribution in [0.4, 0.5) is 34.1 Å². The van der Waals surface area contributed by atoms with Crippen LogP contribution < -0.4 is 26.2 Å². The van der Waals surface area contributed by atoms with Crippen molar-refractivity contribution in [2.24, 2.45) is 0 Å². The Hall–Kier alpha value is -11.7. The molecule has 5 nitrogen and oxygen atoms in total. The third-order valence-corrected chi connectivity index (χ3v) is 27.9. The first kappa shape index (κ1) is 87.9. The maximum atomic E-state index is 5.72. The Labute approximate surface area is 771 Å². The highest BCUT2D eigenvalue weighted by molar-refractivity contribution is 7.00. The van der Waals surface area contributed by atoms with Crippen molar-refractivity contribution < 1.29 is 0 Å². The molecule has 0 atom stereocenters. The molecular weight excluding hydrogens is 1560 g/mol. The second kappa shape index (κ2) is 30.4. The van der Waals surface area contributed by atoms with Gasteiger partial charge in [-0.2, -0.15) is 0 Å². The van der Waals surface area contributed by atoms with Crippen molar-refractivity contribution in [3.8, 4) is 67.0 Å². The Balaban J connectivity index is 1.09. The van der Waals surface area contributed by atoms with Crippen LogP contribution in [-0.4, -0.2) is 20.8 Å². The lowest BCUT2D eigenvalue weighted by Gasteiger charge is -2.46. The lowest BCUT2D eigenvalue weighted by molar-refractivity contribution is 0.531. The lowest BCUT2D eigenvalue weighted by Crippen LogP contribution is -2.61. The monoisotopic (exact) mass is 1690 g/mol. The summed E-state index contributed by atoms with van der Waals surface area (Å²) in [6.45, 7) is 70.5. The maximum Gasteiger partial charge on any atom is 0.252 e. The number of aromatic nitrogens is 3. The highest BCUT2D eigenvalue weighted by atomic mass is 15.2. The van der Waals surface area contributed by atoms with Crippen LogP contribution in [0, 0.1) is 0 Å². The molecule has 0 N–H and O–H groups in total. The summed E-state index contributed by atoms with van der Waals surface area (Å²) >= 11 is 0. The van der Waals surface area contributed by atoms with Crippen LogP contribution in [0.2, 0.25) is 0 Å². The molecule has 0 unspecified atom stereocenters. The van der Waals surface area contributed by atoms with Crippen LogP contribution in [0.15, 0.2) is 267 Å². The Morgan fingerprint density at radius 3 is 0.760 bits per heavy atom. The number of nitrogens with zero attached hydrogens (tertiary/aromatic N) is 5. The minimum atomic E-state index is -0.341. The molecule has 5 heterocycles. The van der Waals surface area contributed by atoms with Crippen molar-refractivity contribution in [1.29, 1.82) is 0 Å². The number of rotatable bonds is 9. The molecule has 0 spiro atoms. The van der Waals surface area contributed by atoms with Gasteiger partial charge < -0.3 is 18.9 Å². The van der Waals surface area contributed by atoms with Crippen molar-refractivity contribution in [3.05, 3.63) is 323 Å². The van der Waals surface area contributed by atoms with E-state index in [-0.39, 0.29) is 60.9 Å². The molecular formula is C123H134BN5. The zero-order valence-corrected chi connectivity index (χ0v) is 82.7. The van der Waals surface area contributed by atoms with Gasteiger partial charge in [-0.25, -0.2) is 0 Å². The van der Waals surface area contributed by atoms with Crippen LogP contribution in [0.3, 0.4) is 0 Å². The van der Waals surface area contributed by atoms with E-state index in [0.717, 1.165) is 107 Å². The SMILES string of the molecule is CC(C)(C)c1cc(-c2cc3c4c(c2)N(c2c(-c5ccccc5)cc(C(C)(C)C)cc2-c2cc(C(C)(C)C)nc(C(C)(C)C)c2)c2cc(-n5c6ccc(C(C)(C)C)cc6c6cc(C(C)(C)C)ccc65)ccc2B4c2ccc(-n4c5ccc(C(C)(C)C)cc5c5cc(C(C)(C)C)ccc54)cc2N3c2c(-c3ccccc3)cc(C(C)(C)C)cc2-c2ccccc2)cc(C(C)(C)C)c1. The molecule has 16 aromatic rings. The smallest absolute Gasteiger partial charge is 0.252 e. The quantitative estimate of drug-likeness (QED) is 0.135. The summed E-state index contributed by atoms with van der Waals surface area (Å²) in [6.07, 6.45) is 0. The van der Waals surface area contributed by atoms with Crippen molar-refractivity contribution >= 4 is 101 Å². The van der Waals surface area contributed by atoms with Crippen LogP contribution in [0.5, 0.6) is 0 Å². The Morgan fingerprint density at radius 1 is 0.209 bits per heavy atom. The molecule has 6 heteroatoms. The van der Waals surface area contributed by atoms with Gasteiger partial charge in [0.1, 0.15) is 0 Å². The summed E-state index contributed by atoms with van der Waals surface area (Å²) in [7, 11) is 0. The number of hydrogen-bond acceptors (Lipinski definition) is 3. The fourth-order valence-electron chi connectivity index (χ4n) is 19.8. The van der Waals surface area contributed by atoms with Gasteiger partial charge in [0.05, 0.1) is 33.4 Å². The second-order valence-electron chi connectivity index (χ2n) is 48.0. The van der Waals surface area contributed by atoms with Crippen molar-refractivity contribution in [1.82, 2.24) is 14.1 Å². The van der Waals surface area contributed by atoms with Crippen LogP contribution in [0.25, 0.3) is 111 Å². The van der Waals surface area contributed by atoms with Crippen LogP contribution >= 0.6 is 0 Å². The van der Waals surface area contributed by atoms with E-state index in [9.17, 15) is 0 Å². The van der Waals surface area contributed by atoms with Gasteiger partial charge in [0, 0.05) is 100 Å². The third-order valence-electron chi connectivity index (χ3n) is 27.9. The van der Waals surface area contributed by atoms with Crippen molar-refractivity contribution in [3.63, 3.8) is 0 Å². The standard InChI is InChI=1S/C123H134BN5/c1-114(2,3)81-46-54-101-95(65-81)96-66-82(115(4,5)6)47-55-102(96)126(101)89-50-52-99-105(73-89)128(112-91(75-40-34-31-35-41-75)69-87(120(19,20)21)70-92(112)76-42-36-32-37-43-76)107-60-79(78-58-85(118(13,14)15)64-86(59-78)119(16,17)18)61-108-111(107)124(99)100-53-51-90(127-103-56-48-83(116(7,8)9)67-97(103)98-68-84(117(10,11)12)49-57-104(98)127)74-106(100)129(108)113-93(77-44-38-33-39-45-77)71-88(121(22,23)24)72-94(113)80-62-109(122(25,26)27)125-110(63-80)123(28,29)30/h31-74H,1-30H3. The number of pyridine rings is 1. The topological polar surface area (TPSA) is 29.2 Å². The van der Waals surface area contributed by atoms with E-state index in [1.54, 1.807) is 0 Å². The molecule has 654 valence electrons. The number of fused-ring (bicyclic) bond motifs is 10. The second-order valence-corrected chi connectivity index (χ2v) is 48.0. The van der Waals surface area contributed by atoms with E-state index in [1.165, 1.54) is 110 Å². The normalized spacial score (nSPS) is 13.8. The molecule has 129 heavy (non-hydrogen) atoms. The summed E-state index contributed by atoms with van der Waals surface area (Å²) in [6, 6.07) is 107. The first-order valence-corrected chi connectivity index (χ1v) is 47.3. The fraction of sp³-hybridized carbons (Fsp3) is 0.325. The van der Waals surface area contributed by atoms with E-state index in [1.807, 2.05) is 0 Å². The molecule has 18 rings (SSSR count). The van der Waals surface area contributed by atoms with Crippen molar-refractivity contribution in [2.45, 2.75) is 262 Å². The summed E-state index contributed by atoms with van der Waals surface area (Å²) in [5.74, 6) is 0. The Morgan fingerprint density at radius 2 is 0.481 bits per heavy atom. The van der Waals surface area contributed by atoms with E-state index < -0.39 is 0 Å². The van der Waals surface area contributed by atoms with Gasteiger partial charge in [-0.15, -0.1) is 0 Å². The Kier molecular flexibility index (Phi) is 20.8. The molecule has 0 fully saturated rings. The van der Waals surface area contributed by atoms with E-state index in [0.29, 0.717) is 0 Å². The highest BCUT2D eigenvalue weighted by Gasteiger charge is 2.47. The molecule has 2 aliphatic heterocycles. The summed E-state index contributed by atoms with van der Waals surface area (Å²) in [5, 5.41) is 5.02. The molecule has 0 aliphatic carbocycles. The predicted octanol–water partition coefficient (Wildman–Crippen LogP) is 32.7. The molecule has 13 aromatic carbocycles. The van der Waals surface area contributed by atoms with Gasteiger partial charge in [-0.3, -0.25) is 4.98 Å². The minimum absolute atomic E-state index is 0.0902. The van der Waals surface area contributed by atoms with Crippen LogP contribution in [-0.2, 0) is 54.1 Å². The van der Waals surface area contributed by atoms with E-state index in [2.05, 4.69) is 494 Å². The molecule has 0 saturated carbocycles. The summed E-state index contributed by atoms with van der Waals surface area (Å²) in [5.41, 5.74) is 39.2. The molecule has 3 aromatic heterocycles. The molecule has 0 saturated heterocycles. The van der Waals surface area contributed by atoms with Gasteiger partial charge >= 0.3 is 0 Å². The molecule has 0 radical (unpaired) electrons. The number of hydrogen-bond donors (Lipinski definition) is 0. The zero-order chi connectivity index (χ0) is 92.2. The first-order chi connectivity index (χ1) is 60.3. The van der Waals surface area contributed by atoms with Gasteiger partial charge in [-0.1, -0.05) is 353 Å². The predicted molar refractivity (Wildman–Crippen MR) is 561 cm³/mol. The number of anilines is 6. The van der Waals surface area contributed by atoms with Gasteiger partial charge in [-0.05, 0) is 259 Å². The first-order valence-electron chi connectivity index (χ1n) is 47.3. The average Bonchev–Trinajstić information content (AvgIpc) is 1.13. The molecule has 0 amide bonds. The van der Waals surface area contributed by atoms with E-state index in [4.69, 9.17) is 4.98 Å². The largest absolute Gasteiger partial charge is 0.310 e. The highest BCUT2D eigenvalue weighted by Crippen LogP contribution is 2.57. The summed E-state index contributed by atoms with van der Waals surface area (Å²) < 4.78 is 5.19. The third kappa shape index (κ3) is 15.8. The van der Waals surface area contributed by atoms with Crippen LogP contribution in [0.1, 0.15) is 264 Å². The van der Waals surface area contributed by atoms with Crippen molar-refractivity contribution in [2.75, 3.05) is 9.80 Å². The molecule has 0 bridgehead atoms.